The molecule has 1 N–H and O–H groups in total. The second-order valence-corrected chi connectivity index (χ2v) is 6.68. The number of nitrogens with one attached hydrogen (secondary N) is 1. The standard InChI is InChI=1S/C21H26ClNO4/c1-6-17(15-7-8-18(25-4)19(11-15)26-5)23-20(24)12-27-16-9-13(2)21(22)14(3)10-16/h7-11,17H,6,12H2,1-5H3,(H,23,24)/t17-/m0/s1. The van der Waals surface area contributed by atoms with Crippen LogP contribution in [0.3, 0.4) is 0 Å². The summed E-state index contributed by atoms with van der Waals surface area (Å²) < 4.78 is 16.2. The average molecular weight is 392 g/mol. The Hall–Kier alpha value is -2.40. The molecule has 146 valence electrons. The van der Waals surface area contributed by atoms with Crippen molar-refractivity contribution in [3.8, 4) is 17.2 Å². The van der Waals surface area contributed by atoms with Crippen molar-refractivity contribution in [1.29, 1.82) is 0 Å². The molecule has 2 aromatic rings. The molecule has 0 saturated carbocycles. The number of carbonyl (C=O) groups is 1. The number of halogens is 1. The van der Waals surface area contributed by atoms with E-state index < -0.39 is 0 Å². The summed E-state index contributed by atoms with van der Waals surface area (Å²) in [5.41, 5.74) is 2.79. The average Bonchev–Trinajstić information content (AvgIpc) is 2.67. The summed E-state index contributed by atoms with van der Waals surface area (Å²) in [6.07, 6.45) is 0.736. The summed E-state index contributed by atoms with van der Waals surface area (Å²) in [5, 5.41) is 3.71. The van der Waals surface area contributed by atoms with E-state index in [0.29, 0.717) is 22.3 Å². The number of carbonyl (C=O) groups excluding carboxylic acids is 1. The van der Waals surface area contributed by atoms with Gasteiger partial charge in [0.15, 0.2) is 18.1 Å². The summed E-state index contributed by atoms with van der Waals surface area (Å²) in [7, 11) is 3.18. The number of hydrogen-bond donors (Lipinski definition) is 1. The lowest BCUT2D eigenvalue weighted by molar-refractivity contribution is -0.123. The van der Waals surface area contributed by atoms with Crippen LogP contribution in [0.25, 0.3) is 0 Å². The van der Waals surface area contributed by atoms with Crippen molar-refractivity contribution in [2.75, 3.05) is 20.8 Å². The summed E-state index contributed by atoms with van der Waals surface area (Å²) in [4.78, 5) is 12.4. The van der Waals surface area contributed by atoms with Crippen LogP contribution >= 0.6 is 11.6 Å². The minimum absolute atomic E-state index is 0.0652. The van der Waals surface area contributed by atoms with Crippen LogP contribution in [-0.4, -0.2) is 26.7 Å². The summed E-state index contributed by atoms with van der Waals surface area (Å²) in [5.74, 6) is 1.72. The van der Waals surface area contributed by atoms with E-state index >= 15 is 0 Å². The first-order valence-corrected chi connectivity index (χ1v) is 9.18. The maximum Gasteiger partial charge on any atom is 0.258 e. The molecule has 1 amide bonds. The third-order valence-corrected chi connectivity index (χ3v) is 4.93. The fourth-order valence-electron chi connectivity index (χ4n) is 2.87. The van der Waals surface area contributed by atoms with E-state index in [9.17, 15) is 4.79 Å². The Morgan fingerprint density at radius 1 is 1.07 bits per heavy atom. The van der Waals surface area contributed by atoms with Gasteiger partial charge in [-0.1, -0.05) is 24.6 Å². The minimum atomic E-state index is -0.193. The Balaban J connectivity index is 2.03. The molecule has 0 aliphatic rings. The normalized spacial score (nSPS) is 11.6. The van der Waals surface area contributed by atoms with Gasteiger partial charge in [0.1, 0.15) is 5.75 Å². The Labute approximate surface area is 165 Å². The van der Waals surface area contributed by atoms with Gasteiger partial charge in [-0.15, -0.1) is 0 Å². The van der Waals surface area contributed by atoms with E-state index in [1.165, 1.54) is 0 Å². The fourth-order valence-corrected chi connectivity index (χ4v) is 2.97. The number of amides is 1. The zero-order valence-corrected chi connectivity index (χ0v) is 17.1. The number of hydrogen-bond acceptors (Lipinski definition) is 4. The molecule has 0 aliphatic carbocycles. The first-order valence-electron chi connectivity index (χ1n) is 8.80. The predicted molar refractivity (Wildman–Crippen MR) is 107 cm³/mol. The fraction of sp³-hybridized carbons (Fsp3) is 0.381. The quantitative estimate of drug-likeness (QED) is 0.713. The van der Waals surface area contributed by atoms with Crippen molar-refractivity contribution in [1.82, 2.24) is 5.32 Å². The van der Waals surface area contributed by atoms with Crippen molar-refractivity contribution in [2.45, 2.75) is 33.2 Å². The number of benzene rings is 2. The SMILES string of the molecule is CC[C@H](NC(=O)COc1cc(C)c(Cl)c(C)c1)c1ccc(OC)c(OC)c1. The highest BCUT2D eigenvalue weighted by Gasteiger charge is 2.16. The van der Waals surface area contributed by atoms with Gasteiger partial charge in [-0.05, 0) is 61.2 Å². The van der Waals surface area contributed by atoms with Crippen LogP contribution in [0.5, 0.6) is 17.2 Å². The van der Waals surface area contributed by atoms with Crippen molar-refractivity contribution in [3.05, 3.63) is 52.0 Å². The Bertz CT molecular complexity index is 784. The van der Waals surface area contributed by atoms with Crippen molar-refractivity contribution >= 4 is 17.5 Å². The third-order valence-electron chi connectivity index (χ3n) is 4.33. The lowest BCUT2D eigenvalue weighted by Crippen LogP contribution is -2.32. The first kappa shape index (κ1) is 20.9. The van der Waals surface area contributed by atoms with Gasteiger partial charge >= 0.3 is 0 Å². The lowest BCUT2D eigenvalue weighted by atomic mass is 10.0. The van der Waals surface area contributed by atoms with E-state index in [2.05, 4.69) is 5.32 Å². The lowest BCUT2D eigenvalue weighted by Gasteiger charge is -2.19. The molecule has 0 aliphatic heterocycles. The molecule has 0 unspecified atom stereocenters. The van der Waals surface area contributed by atoms with Gasteiger partial charge in [0.05, 0.1) is 20.3 Å². The molecule has 0 radical (unpaired) electrons. The summed E-state index contributed by atoms with van der Waals surface area (Å²) in [6, 6.07) is 9.14. The molecular formula is C21H26ClNO4. The molecule has 0 saturated heterocycles. The highest BCUT2D eigenvalue weighted by atomic mass is 35.5. The molecule has 2 aromatic carbocycles. The Morgan fingerprint density at radius 2 is 1.70 bits per heavy atom. The molecule has 0 bridgehead atoms. The van der Waals surface area contributed by atoms with Gasteiger partial charge in [-0.3, -0.25) is 4.79 Å². The number of ether oxygens (including phenoxy) is 3. The van der Waals surface area contributed by atoms with Gasteiger partial charge in [0.2, 0.25) is 0 Å². The maximum absolute atomic E-state index is 12.4. The van der Waals surface area contributed by atoms with Gasteiger partial charge in [-0.2, -0.15) is 0 Å². The molecule has 2 rings (SSSR count). The number of methoxy groups -OCH3 is 2. The summed E-state index contributed by atoms with van der Waals surface area (Å²) >= 11 is 6.16. The molecule has 5 nitrogen and oxygen atoms in total. The minimum Gasteiger partial charge on any atom is -0.493 e. The first-order chi connectivity index (χ1) is 12.9. The second-order valence-electron chi connectivity index (χ2n) is 6.30. The Kier molecular flexibility index (Phi) is 7.36. The van der Waals surface area contributed by atoms with E-state index in [-0.39, 0.29) is 18.6 Å². The van der Waals surface area contributed by atoms with Crippen LogP contribution < -0.4 is 19.5 Å². The van der Waals surface area contributed by atoms with Crippen LogP contribution in [0.2, 0.25) is 5.02 Å². The zero-order valence-electron chi connectivity index (χ0n) is 16.4. The molecule has 1 atom stereocenters. The summed E-state index contributed by atoms with van der Waals surface area (Å²) in [6.45, 7) is 5.76. The second kappa shape index (κ2) is 9.51. The van der Waals surface area contributed by atoms with Crippen LogP contribution in [-0.2, 0) is 4.79 Å². The predicted octanol–water partition coefficient (Wildman–Crippen LogP) is 4.62. The molecule has 0 fully saturated rings. The number of rotatable bonds is 8. The van der Waals surface area contributed by atoms with Crippen molar-refractivity contribution < 1.29 is 19.0 Å². The van der Waals surface area contributed by atoms with Gasteiger partial charge in [-0.25, -0.2) is 0 Å². The van der Waals surface area contributed by atoms with E-state index in [1.54, 1.807) is 14.2 Å². The topological polar surface area (TPSA) is 56.8 Å². The monoisotopic (exact) mass is 391 g/mol. The Morgan fingerprint density at radius 3 is 2.26 bits per heavy atom. The largest absolute Gasteiger partial charge is 0.493 e. The van der Waals surface area contributed by atoms with Crippen LogP contribution in [0.4, 0.5) is 0 Å². The van der Waals surface area contributed by atoms with Crippen molar-refractivity contribution in [3.63, 3.8) is 0 Å². The molecule has 6 heteroatoms. The van der Waals surface area contributed by atoms with Crippen molar-refractivity contribution in [2.24, 2.45) is 0 Å². The van der Waals surface area contributed by atoms with E-state index in [4.69, 9.17) is 25.8 Å². The molecular weight excluding hydrogens is 366 g/mol. The van der Waals surface area contributed by atoms with Crippen LogP contribution in [0.1, 0.15) is 36.1 Å². The van der Waals surface area contributed by atoms with Crippen LogP contribution in [0.15, 0.2) is 30.3 Å². The molecule has 0 aromatic heterocycles. The third kappa shape index (κ3) is 5.30. The molecule has 0 spiro atoms. The smallest absolute Gasteiger partial charge is 0.258 e. The molecule has 27 heavy (non-hydrogen) atoms. The maximum atomic E-state index is 12.4. The zero-order chi connectivity index (χ0) is 20.0. The highest BCUT2D eigenvalue weighted by Crippen LogP contribution is 2.31. The van der Waals surface area contributed by atoms with Gasteiger partial charge in [0.25, 0.3) is 5.91 Å². The molecule has 0 heterocycles. The van der Waals surface area contributed by atoms with Gasteiger partial charge < -0.3 is 19.5 Å². The van der Waals surface area contributed by atoms with Crippen LogP contribution in [0, 0.1) is 13.8 Å². The number of aryl methyl sites for hydroxylation is 2. The highest BCUT2D eigenvalue weighted by molar-refractivity contribution is 6.32. The van der Waals surface area contributed by atoms with E-state index in [1.807, 2.05) is 51.1 Å². The van der Waals surface area contributed by atoms with Gasteiger partial charge in [0, 0.05) is 5.02 Å². The van der Waals surface area contributed by atoms with E-state index in [0.717, 1.165) is 23.1 Å².